The molecule has 1 aliphatic carbocycles. The van der Waals surface area contributed by atoms with Crippen molar-refractivity contribution in [3.8, 4) is 0 Å². The van der Waals surface area contributed by atoms with E-state index in [-0.39, 0.29) is 0 Å². The van der Waals surface area contributed by atoms with Crippen molar-refractivity contribution in [2.45, 2.75) is 57.1 Å². The van der Waals surface area contributed by atoms with Crippen LogP contribution in [0.5, 0.6) is 0 Å². The van der Waals surface area contributed by atoms with Gasteiger partial charge in [-0.25, -0.2) is 0 Å². The number of hydrogen-bond donors (Lipinski definition) is 1. The van der Waals surface area contributed by atoms with E-state index in [4.69, 9.17) is 4.74 Å². The maximum absolute atomic E-state index is 5.43. The Balaban J connectivity index is 1.43. The molecule has 1 spiro atoms. The molecule has 2 heterocycles. The van der Waals surface area contributed by atoms with Gasteiger partial charge >= 0.3 is 0 Å². The zero-order chi connectivity index (χ0) is 12.4. The van der Waals surface area contributed by atoms with Gasteiger partial charge in [-0.3, -0.25) is 0 Å². The molecule has 3 aliphatic rings. The zero-order valence-corrected chi connectivity index (χ0v) is 11.8. The number of hydrogen-bond acceptors (Lipinski definition) is 3. The van der Waals surface area contributed by atoms with E-state index in [0.717, 1.165) is 12.0 Å². The number of rotatable bonds is 3. The monoisotopic (exact) mass is 252 g/mol. The largest absolute Gasteiger partial charge is 0.380 e. The van der Waals surface area contributed by atoms with Crippen molar-refractivity contribution >= 4 is 0 Å². The fourth-order valence-electron chi connectivity index (χ4n) is 4.25. The van der Waals surface area contributed by atoms with Crippen molar-refractivity contribution in [3.05, 3.63) is 0 Å². The van der Waals surface area contributed by atoms with Crippen LogP contribution in [-0.2, 0) is 4.74 Å². The first-order valence-corrected chi connectivity index (χ1v) is 7.78. The molecule has 0 bridgehead atoms. The smallest absolute Gasteiger partial charge is 0.0711 e. The summed E-state index contributed by atoms with van der Waals surface area (Å²) >= 11 is 0. The van der Waals surface area contributed by atoms with Crippen molar-refractivity contribution in [1.29, 1.82) is 0 Å². The molecule has 1 saturated carbocycles. The predicted octanol–water partition coefficient (Wildman–Crippen LogP) is 2.02. The lowest BCUT2D eigenvalue weighted by Gasteiger charge is -2.40. The summed E-state index contributed by atoms with van der Waals surface area (Å²) in [5.74, 6) is 0. The van der Waals surface area contributed by atoms with E-state index in [1.165, 1.54) is 64.6 Å². The molecule has 3 nitrogen and oxygen atoms in total. The summed E-state index contributed by atoms with van der Waals surface area (Å²) in [5.41, 5.74) is 0.759. The summed E-state index contributed by atoms with van der Waals surface area (Å²) in [4.78, 5) is 2.68. The van der Waals surface area contributed by atoms with Gasteiger partial charge in [-0.05, 0) is 50.6 Å². The first-order valence-electron chi connectivity index (χ1n) is 7.78. The molecule has 0 amide bonds. The molecule has 0 aromatic heterocycles. The van der Waals surface area contributed by atoms with Crippen LogP contribution in [0, 0.1) is 5.41 Å². The van der Waals surface area contributed by atoms with Crippen LogP contribution in [0.3, 0.4) is 0 Å². The van der Waals surface area contributed by atoms with E-state index < -0.39 is 0 Å². The van der Waals surface area contributed by atoms with E-state index in [1.807, 2.05) is 7.11 Å². The van der Waals surface area contributed by atoms with Crippen molar-refractivity contribution in [2.75, 3.05) is 33.3 Å². The maximum atomic E-state index is 5.43. The van der Waals surface area contributed by atoms with Crippen LogP contribution in [0.2, 0.25) is 0 Å². The summed E-state index contributed by atoms with van der Waals surface area (Å²) in [6, 6.07) is 0.660. The van der Waals surface area contributed by atoms with Crippen LogP contribution in [0.25, 0.3) is 0 Å². The van der Waals surface area contributed by atoms with Crippen LogP contribution in [0.1, 0.15) is 44.9 Å². The highest BCUT2D eigenvalue weighted by molar-refractivity contribution is 4.91. The van der Waals surface area contributed by atoms with Gasteiger partial charge in [0.15, 0.2) is 0 Å². The molecule has 2 unspecified atom stereocenters. The molecule has 2 atom stereocenters. The fraction of sp³-hybridized carbons (Fsp3) is 1.00. The van der Waals surface area contributed by atoms with E-state index in [9.17, 15) is 0 Å². The first kappa shape index (κ1) is 12.9. The number of ether oxygens (including phenoxy) is 1. The van der Waals surface area contributed by atoms with E-state index >= 15 is 0 Å². The van der Waals surface area contributed by atoms with Crippen LogP contribution in [0.15, 0.2) is 0 Å². The molecule has 2 aliphatic heterocycles. The Hall–Kier alpha value is -0.120. The lowest BCUT2D eigenvalue weighted by Crippen LogP contribution is -2.44. The summed E-state index contributed by atoms with van der Waals surface area (Å²) < 4.78 is 5.43. The highest BCUT2D eigenvalue weighted by atomic mass is 16.5. The number of nitrogens with one attached hydrogen (secondary N) is 1. The highest BCUT2D eigenvalue weighted by Crippen LogP contribution is 2.46. The van der Waals surface area contributed by atoms with E-state index in [2.05, 4.69) is 10.2 Å². The number of methoxy groups -OCH3 is 1. The Morgan fingerprint density at radius 3 is 2.50 bits per heavy atom. The first-order chi connectivity index (χ1) is 8.80. The zero-order valence-electron chi connectivity index (χ0n) is 11.8. The second-order valence-electron chi connectivity index (χ2n) is 6.71. The van der Waals surface area contributed by atoms with Gasteiger partial charge in [-0.1, -0.05) is 12.8 Å². The Kier molecular flexibility index (Phi) is 3.92. The highest BCUT2D eigenvalue weighted by Gasteiger charge is 2.37. The van der Waals surface area contributed by atoms with Crippen molar-refractivity contribution < 1.29 is 4.74 Å². The second-order valence-corrected chi connectivity index (χ2v) is 6.71. The van der Waals surface area contributed by atoms with Gasteiger partial charge in [-0.15, -0.1) is 0 Å². The molecule has 2 saturated heterocycles. The molecular formula is C15H28N2O. The minimum atomic E-state index is 0.445. The van der Waals surface area contributed by atoms with Gasteiger partial charge < -0.3 is 15.0 Å². The average molecular weight is 252 g/mol. The molecule has 3 fully saturated rings. The van der Waals surface area contributed by atoms with Gasteiger partial charge in [-0.2, -0.15) is 0 Å². The Morgan fingerprint density at radius 2 is 1.89 bits per heavy atom. The van der Waals surface area contributed by atoms with Gasteiger partial charge in [0.2, 0.25) is 0 Å². The molecule has 0 aromatic rings. The van der Waals surface area contributed by atoms with Gasteiger partial charge in [0.1, 0.15) is 0 Å². The molecule has 104 valence electrons. The molecule has 0 radical (unpaired) electrons. The summed E-state index contributed by atoms with van der Waals surface area (Å²) in [6.45, 7) is 4.93. The minimum Gasteiger partial charge on any atom is -0.380 e. The van der Waals surface area contributed by atoms with Gasteiger partial charge in [0.25, 0.3) is 0 Å². The third-order valence-corrected chi connectivity index (χ3v) is 5.57. The predicted molar refractivity (Wildman–Crippen MR) is 73.8 cm³/mol. The molecular weight excluding hydrogens is 224 g/mol. The van der Waals surface area contributed by atoms with Gasteiger partial charge in [0.05, 0.1) is 6.10 Å². The summed E-state index contributed by atoms with van der Waals surface area (Å²) in [6.07, 6.45) is 10.5. The SMILES string of the molecule is COC1CNC(CN2CCC3(CCCC3)CC2)C1. The topological polar surface area (TPSA) is 24.5 Å². The summed E-state index contributed by atoms with van der Waals surface area (Å²) in [5, 5.41) is 3.60. The molecule has 1 N–H and O–H groups in total. The third kappa shape index (κ3) is 2.73. The van der Waals surface area contributed by atoms with Crippen LogP contribution in [0.4, 0.5) is 0 Å². The van der Waals surface area contributed by atoms with E-state index in [0.29, 0.717) is 12.1 Å². The molecule has 3 heteroatoms. The lowest BCUT2D eigenvalue weighted by molar-refractivity contribution is 0.0951. The third-order valence-electron chi connectivity index (χ3n) is 5.57. The summed E-state index contributed by atoms with van der Waals surface area (Å²) in [7, 11) is 1.83. The Morgan fingerprint density at radius 1 is 1.17 bits per heavy atom. The second kappa shape index (κ2) is 5.48. The Labute approximate surface area is 111 Å². The number of likely N-dealkylation sites (tertiary alicyclic amines) is 1. The quantitative estimate of drug-likeness (QED) is 0.831. The molecule has 18 heavy (non-hydrogen) atoms. The molecule has 0 aromatic carbocycles. The van der Waals surface area contributed by atoms with Crippen molar-refractivity contribution in [3.63, 3.8) is 0 Å². The number of nitrogens with zero attached hydrogens (tertiary/aromatic N) is 1. The number of piperidine rings is 1. The standard InChI is InChI=1S/C15H28N2O/c1-18-14-10-13(16-11-14)12-17-8-6-15(7-9-17)4-2-3-5-15/h13-14,16H,2-12H2,1H3. The van der Waals surface area contributed by atoms with Gasteiger partial charge in [0, 0.05) is 26.2 Å². The van der Waals surface area contributed by atoms with Crippen molar-refractivity contribution in [1.82, 2.24) is 10.2 Å². The Bertz CT molecular complexity index is 266. The van der Waals surface area contributed by atoms with E-state index in [1.54, 1.807) is 0 Å². The van der Waals surface area contributed by atoms with Crippen LogP contribution in [-0.4, -0.2) is 50.3 Å². The normalized spacial score (nSPS) is 36.5. The fourth-order valence-corrected chi connectivity index (χ4v) is 4.25. The van der Waals surface area contributed by atoms with Crippen LogP contribution < -0.4 is 5.32 Å². The van der Waals surface area contributed by atoms with Crippen LogP contribution >= 0.6 is 0 Å². The average Bonchev–Trinajstić information content (AvgIpc) is 3.02. The maximum Gasteiger partial charge on any atom is 0.0711 e. The molecule has 3 rings (SSSR count). The van der Waals surface area contributed by atoms with Crippen molar-refractivity contribution in [2.24, 2.45) is 5.41 Å². The minimum absolute atomic E-state index is 0.445. The lowest BCUT2D eigenvalue weighted by atomic mass is 9.77.